The van der Waals surface area contributed by atoms with E-state index >= 15 is 0 Å². The van der Waals surface area contributed by atoms with Gasteiger partial charge in [-0.15, -0.1) is 11.8 Å². The number of aromatic nitrogens is 2. The first kappa shape index (κ1) is 7.34. The molecule has 0 aromatic carbocycles. The summed E-state index contributed by atoms with van der Waals surface area (Å²) < 4.78 is 1.44. The zero-order chi connectivity index (χ0) is 7.56. The van der Waals surface area contributed by atoms with Crippen LogP contribution in [0.2, 0.25) is 0 Å². The molecule has 1 aromatic heterocycles. The van der Waals surface area contributed by atoms with E-state index in [2.05, 4.69) is 4.98 Å². The molecule has 0 saturated carbocycles. The van der Waals surface area contributed by atoms with Crippen LogP contribution in [0.3, 0.4) is 0 Å². The zero-order valence-electron chi connectivity index (χ0n) is 5.87. The molecule has 1 rings (SSSR count). The first-order valence-electron chi connectivity index (χ1n) is 2.81. The third-order valence-corrected chi connectivity index (χ3v) is 1.80. The van der Waals surface area contributed by atoms with Crippen LogP contribution < -0.4 is 5.69 Å². The van der Waals surface area contributed by atoms with Crippen LogP contribution in [0, 0.1) is 0 Å². The number of hydrogen-bond donors (Lipinski definition) is 0. The highest BCUT2D eigenvalue weighted by molar-refractivity contribution is 7.98. The molecule has 0 spiro atoms. The molecule has 54 valence electrons. The Morgan fingerprint density at radius 2 is 2.40 bits per heavy atom. The van der Waals surface area contributed by atoms with Gasteiger partial charge in [0, 0.05) is 13.2 Å². The average molecular weight is 156 g/mol. The third-order valence-electron chi connectivity index (χ3n) is 1.16. The minimum absolute atomic E-state index is 0.202. The summed E-state index contributed by atoms with van der Waals surface area (Å²) in [6, 6.07) is 1.81. The van der Waals surface area contributed by atoms with Crippen molar-refractivity contribution in [1.29, 1.82) is 0 Å². The summed E-state index contributed by atoms with van der Waals surface area (Å²) in [5, 5.41) is 0.767. The van der Waals surface area contributed by atoms with E-state index in [0.717, 1.165) is 5.03 Å². The lowest BCUT2D eigenvalue weighted by atomic mass is 10.7. The van der Waals surface area contributed by atoms with Gasteiger partial charge >= 0.3 is 5.69 Å². The molecular weight excluding hydrogens is 148 g/mol. The third kappa shape index (κ3) is 1.39. The second kappa shape index (κ2) is 2.88. The van der Waals surface area contributed by atoms with Gasteiger partial charge in [0.05, 0.1) is 0 Å². The van der Waals surface area contributed by atoms with Crippen LogP contribution in [-0.4, -0.2) is 15.8 Å². The maximum absolute atomic E-state index is 10.8. The van der Waals surface area contributed by atoms with Crippen LogP contribution in [0.5, 0.6) is 0 Å². The Bertz CT molecular complexity index is 281. The standard InChI is InChI=1S/C6H8N2OS/c1-8-4-3-5(10-2)7-6(8)9/h3-4H,1-2H3. The molecule has 0 atom stereocenters. The minimum atomic E-state index is -0.202. The summed E-state index contributed by atoms with van der Waals surface area (Å²) in [7, 11) is 1.68. The molecule has 0 aliphatic rings. The Hall–Kier alpha value is -0.770. The topological polar surface area (TPSA) is 34.9 Å². The molecule has 0 fully saturated rings. The van der Waals surface area contributed by atoms with Crippen LogP contribution >= 0.6 is 11.8 Å². The summed E-state index contributed by atoms with van der Waals surface area (Å²) in [6.07, 6.45) is 3.60. The van der Waals surface area contributed by atoms with Gasteiger partial charge in [0.15, 0.2) is 0 Å². The molecule has 3 nitrogen and oxygen atoms in total. The lowest BCUT2D eigenvalue weighted by Gasteiger charge is -1.95. The van der Waals surface area contributed by atoms with Gasteiger partial charge in [0.2, 0.25) is 0 Å². The van der Waals surface area contributed by atoms with Crippen molar-refractivity contribution in [3.8, 4) is 0 Å². The van der Waals surface area contributed by atoms with Crippen LogP contribution in [0.4, 0.5) is 0 Å². The summed E-state index contributed by atoms with van der Waals surface area (Å²) in [5.74, 6) is 0. The Morgan fingerprint density at radius 1 is 1.70 bits per heavy atom. The van der Waals surface area contributed by atoms with E-state index in [0.29, 0.717) is 0 Å². The van der Waals surface area contributed by atoms with Crippen molar-refractivity contribution >= 4 is 11.8 Å². The van der Waals surface area contributed by atoms with E-state index < -0.39 is 0 Å². The van der Waals surface area contributed by atoms with Crippen LogP contribution in [0.1, 0.15) is 0 Å². The van der Waals surface area contributed by atoms with Crippen molar-refractivity contribution in [3.05, 3.63) is 22.7 Å². The second-order valence-electron chi connectivity index (χ2n) is 1.86. The minimum Gasteiger partial charge on any atom is -0.302 e. The maximum atomic E-state index is 10.8. The van der Waals surface area contributed by atoms with Crippen molar-refractivity contribution in [2.24, 2.45) is 7.05 Å². The van der Waals surface area contributed by atoms with Gasteiger partial charge in [-0.1, -0.05) is 0 Å². The van der Waals surface area contributed by atoms with E-state index in [4.69, 9.17) is 0 Å². The molecule has 4 heteroatoms. The highest BCUT2D eigenvalue weighted by Crippen LogP contribution is 2.05. The molecule has 0 N–H and O–H groups in total. The molecule has 0 saturated heterocycles. The number of aryl methyl sites for hydroxylation is 1. The summed E-state index contributed by atoms with van der Waals surface area (Å²) >= 11 is 1.47. The fourth-order valence-corrected chi connectivity index (χ4v) is 0.930. The number of thioether (sulfide) groups is 1. The Morgan fingerprint density at radius 3 is 2.90 bits per heavy atom. The van der Waals surface area contributed by atoms with Crippen LogP contribution in [-0.2, 0) is 7.05 Å². The molecule has 0 radical (unpaired) electrons. The van der Waals surface area contributed by atoms with E-state index in [1.807, 2.05) is 12.3 Å². The Balaban J connectivity index is 3.17. The first-order valence-corrected chi connectivity index (χ1v) is 4.04. The van der Waals surface area contributed by atoms with E-state index in [-0.39, 0.29) is 5.69 Å². The van der Waals surface area contributed by atoms with Crippen molar-refractivity contribution in [2.75, 3.05) is 6.26 Å². The van der Waals surface area contributed by atoms with Crippen LogP contribution in [0.15, 0.2) is 22.1 Å². The Kier molecular flexibility index (Phi) is 2.11. The zero-order valence-corrected chi connectivity index (χ0v) is 6.68. The number of hydrogen-bond acceptors (Lipinski definition) is 3. The molecule has 1 heterocycles. The van der Waals surface area contributed by atoms with Crippen molar-refractivity contribution in [1.82, 2.24) is 9.55 Å². The summed E-state index contributed by atoms with van der Waals surface area (Å²) in [4.78, 5) is 14.6. The highest BCUT2D eigenvalue weighted by Gasteiger charge is 1.92. The van der Waals surface area contributed by atoms with Gasteiger partial charge in [-0.25, -0.2) is 4.79 Å². The van der Waals surface area contributed by atoms with E-state index in [1.165, 1.54) is 16.3 Å². The SMILES string of the molecule is CSc1ccn(C)c(=O)n1. The van der Waals surface area contributed by atoms with Crippen molar-refractivity contribution < 1.29 is 0 Å². The van der Waals surface area contributed by atoms with E-state index in [1.54, 1.807) is 13.2 Å². The molecule has 0 aliphatic carbocycles. The van der Waals surface area contributed by atoms with Crippen LogP contribution in [0.25, 0.3) is 0 Å². The lowest BCUT2D eigenvalue weighted by molar-refractivity contribution is 0.781. The van der Waals surface area contributed by atoms with Gasteiger partial charge in [-0.2, -0.15) is 4.98 Å². The van der Waals surface area contributed by atoms with Crippen molar-refractivity contribution in [3.63, 3.8) is 0 Å². The quantitative estimate of drug-likeness (QED) is 0.439. The molecule has 10 heavy (non-hydrogen) atoms. The molecular formula is C6H8N2OS. The fourth-order valence-electron chi connectivity index (χ4n) is 0.563. The fraction of sp³-hybridized carbons (Fsp3) is 0.333. The highest BCUT2D eigenvalue weighted by atomic mass is 32.2. The lowest BCUT2D eigenvalue weighted by Crippen LogP contribution is -2.18. The monoisotopic (exact) mass is 156 g/mol. The predicted molar refractivity (Wildman–Crippen MR) is 41.3 cm³/mol. The maximum Gasteiger partial charge on any atom is 0.348 e. The molecule has 0 bridgehead atoms. The first-order chi connectivity index (χ1) is 4.74. The average Bonchev–Trinajstić information content (AvgIpc) is 1.95. The molecule has 0 aliphatic heterocycles. The predicted octanol–water partition coefficient (Wildman–Crippen LogP) is 0.502. The van der Waals surface area contributed by atoms with Gasteiger partial charge < -0.3 is 4.57 Å². The smallest absolute Gasteiger partial charge is 0.302 e. The number of rotatable bonds is 1. The van der Waals surface area contributed by atoms with Gasteiger partial charge in [-0.05, 0) is 12.3 Å². The summed E-state index contributed by atoms with van der Waals surface area (Å²) in [6.45, 7) is 0. The largest absolute Gasteiger partial charge is 0.348 e. The van der Waals surface area contributed by atoms with Gasteiger partial charge in [-0.3, -0.25) is 0 Å². The Labute approximate surface area is 63.1 Å². The van der Waals surface area contributed by atoms with Crippen molar-refractivity contribution in [2.45, 2.75) is 5.03 Å². The normalized spacial score (nSPS) is 9.80. The second-order valence-corrected chi connectivity index (χ2v) is 2.69. The molecule has 1 aromatic rings. The van der Waals surface area contributed by atoms with E-state index in [9.17, 15) is 4.79 Å². The van der Waals surface area contributed by atoms with Gasteiger partial charge in [0.1, 0.15) is 5.03 Å². The van der Waals surface area contributed by atoms with Gasteiger partial charge in [0.25, 0.3) is 0 Å². The molecule has 0 unspecified atom stereocenters. The molecule has 0 amide bonds. The number of nitrogens with zero attached hydrogens (tertiary/aromatic N) is 2. The summed E-state index contributed by atoms with van der Waals surface area (Å²) in [5.41, 5.74) is -0.202.